The first-order chi connectivity index (χ1) is 10.1. The molecule has 1 aromatic heterocycles. The number of carbonyl (C=O) groups excluding carboxylic acids is 1. The van der Waals surface area contributed by atoms with Crippen molar-refractivity contribution >= 4 is 28.9 Å². The van der Waals surface area contributed by atoms with Gasteiger partial charge in [0, 0.05) is 19.3 Å². The van der Waals surface area contributed by atoms with Gasteiger partial charge in [-0.1, -0.05) is 12.2 Å². The van der Waals surface area contributed by atoms with E-state index in [1.54, 1.807) is 7.11 Å². The van der Waals surface area contributed by atoms with Crippen molar-refractivity contribution in [2.45, 2.75) is 19.3 Å². The van der Waals surface area contributed by atoms with Crippen LogP contribution in [0.3, 0.4) is 0 Å². The molecule has 4 N–H and O–H groups in total. The van der Waals surface area contributed by atoms with E-state index in [0.717, 1.165) is 25.0 Å². The summed E-state index contributed by atoms with van der Waals surface area (Å²) in [6.07, 6.45) is 3.07. The molecule has 114 valence electrons. The minimum atomic E-state index is -0.122. The van der Waals surface area contributed by atoms with Gasteiger partial charge in [-0.15, -0.1) is 0 Å². The molecule has 0 fully saturated rings. The second-order valence-corrected chi connectivity index (χ2v) is 5.34. The van der Waals surface area contributed by atoms with Crippen LogP contribution >= 0.6 is 12.2 Å². The molecule has 0 bridgehead atoms. The van der Waals surface area contributed by atoms with Crippen molar-refractivity contribution in [3.05, 3.63) is 22.9 Å². The van der Waals surface area contributed by atoms with Crippen molar-refractivity contribution in [1.29, 1.82) is 0 Å². The van der Waals surface area contributed by atoms with Crippen LogP contribution in [0.5, 0.6) is 0 Å². The molecule has 2 rings (SSSR count). The van der Waals surface area contributed by atoms with Crippen LogP contribution < -0.4 is 16.4 Å². The number of methoxy groups -OCH3 is 1. The predicted octanol–water partition coefficient (Wildman–Crippen LogP) is 0.379. The van der Waals surface area contributed by atoms with Gasteiger partial charge in [0.25, 0.3) is 0 Å². The van der Waals surface area contributed by atoms with Crippen molar-refractivity contribution in [3.8, 4) is 0 Å². The van der Waals surface area contributed by atoms with Crippen LogP contribution in [-0.4, -0.2) is 42.7 Å². The van der Waals surface area contributed by atoms with E-state index in [1.165, 1.54) is 5.56 Å². The summed E-state index contributed by atoms with van der Waals surface area (Å²) >= 11 is 5.07. The predicted molar refractivity (Wildman–Crippen MR) is 85.5 cm³/mol. The molecule has 0 saturated heterocycles. The van der Waals surface area contributed by atoms with Gasteiger partial charge in [-0.2, -0.15) is 0 Å². The topological polar surface area (TPSA) is 89.3 Å². The number of anilines is 1. The summed E-state index contributed by atoms with van der Waals surface area (Å²) in [5, 5.41) is 5.76. The minimum absolute atomic E-state index is 0.122. The fraction of sp³-hybridized carbons (Fsp3) is 0.500. The third-order valence-corrected chi connectivity index (χ3v) is 3.58. The Morgan fingerprint density at radius 3 is 3.05 bits per heavy atom. The second-order valence-electron chi connectivity index (χ2n) is 4.90. The number of fused-ring (bicyclic) bond motifs is 1. The van der Waals surface area contributed by atoms with E-state index in [9.17, 15) is 4.79 Å². The maximum absolute atomic E-state index is 11.7. The average molecular weight is 308 g/mol. The highest BCUT2D eigenvalue weighted by Gasteiger charge is 2.17. The first kappa shape index (κ1) is 15.7. The number of nitrogens with two attached hydrogens (primary N) is 1. The van der Waals surface area contributed by atoms with E-state index in [4.69, 9.17) is 22.7 Å². The molecule has 0 aromatic carbocycles. The highest BCUT2D eigenvalue weighted by molar-refractivity contribution is 7.80. The van der Waals surface area contributed by atoms with Crippen LogP contribution in [0, 0.1) is 0 Å². The number of hydrogen-bond acceptors (Lipinski definition) is 5. The van der Waals surface area contributed by atoms with Gasteiger partial charge in [-0.05, 0) is 30.9 Å². The Labute approximate surface area is 129 Å². The van der Waals surface area contributed by atoms with E-state index < -0.39 is 0 Å². The van der Waals surface area contributed by atoms with E-state index in [0.29, 0.717) is 29.5 Å². The van der Waals surface area contributed by atoms with Gasteiger partial charge in [0.05, 0.1) is 18.7 Å². The molecule has 7 heteroatoms. The molecular formula is C14H20N4O2S. The number of rotatable bonds is 7. The van der Waals surface area contributed by atoms with Crippen LogP contribution in [0.15, 0.2) is 6.07 Å². The lowest BCUT2D eigenvalue weighted by molar-refractivity contribution is -0.119. The van der Waals surface area contributed by atoms with Crippen LogP contribution in [0.1, 0.15) is 23.2 Å². The summed E-state index contributed by atoms with van der Waals surface area (Å²) in [5.41, 5.74) is 8.72. The van der Waals surface area contributed by atoms with Crippen molar-refractivity contribution in [2.75, 3.05) is 32.1 Å². The Morgan fingerprint density at radius 2 is 2.33 bits per heavy atom. The lowest BCUT2D eigenvalue weighted by Crippen LogP contribution is -2.33. The lowest BCUT2D eigenvalue weighted by atomic mass is 10.1. The molecule has 0 aliphatic heterocycles. The van der Waals surface area contributed by atoms with Gasteiger partial charge in [-0.3, -0.25) is 4.79 Å². The number of thiocarbonyl (C=S) groups is 1. The summed E-state index contributed by atoms with van der Waals surface area (Å²) in [6, 6.07) is 1.99. The van der Waals surface area contributed by atoms with Crippen molar-refractivity contribution in [1.82, 2.24) is 10.3 Å². The molecule has 0 saturated carbocycles. The zero-order valence-corrected chi connectivity index (χ0v) is 12.9. The molecule has 1 amide bonds. The zero-order valence-electron chi connectivity index (χ0n) is 12.1. The highest BCUT2D eigenvalue weighted by Crippen LogP contribution is 2.25. The first-order valence-electron chi connectivity index (χ1n) is 6.94. The van der Waals surface area contributed by atoms with Crippen LogP contribution in [0.2, 0.25) is 0 Å². The van der Waals surface area contributed by atoms with Crippen molar-refractivity contribution in [2.24, 2.45) is 5.73 Å². The number of hydrogen-bond donors (Lipinski definition) is 3. The average Bonchev–Trinajstić information content (AvgIpc) is 2.91. The molecule has 0 radical (unpaired) electrons. The summed E-state index contributed by atoms with van der Waals surface area (Å²) in [5.74, 6) is 0.466. The summed E-state index contributed by atoms with van der Waals surface area (Å²) in [4.78, 5) is 16.5. The van der Waals surface area contributed by atoms with Gasteiger partial charge in [0.1, 0.15) is 10.8 Å². The molecule has 1 heterocycles. The maximum atomic E-state index is 11.7. The van der Waals surface area contributed by atoms with Gasteiger partial charge >= 0.3 is 0 Å². The number of aryl methyl sites for hydroxylation is 2. The number of pyridine rings is 1. The Morgan fingerprint density at radius 1 is 1.52 bits per heavy atom. The quantitative estimate of drug-likeness (QED) is 0.498. The molecule has 1 aromatic rings. The third kappa shape index (κ3) is 4.12. The molecule has 0 atom stereocenters. The lowest BCUT2D eigenvalue weighted by Gasteiger charge is -2.12. The van der Waals surface area contributed by atoms with E-state index in [2.05, 4.69) is 15.6 Å². The SMILES string of the molecule is COCCNC(=O)CNc1nc2c(cc1C(N)=S)CCC2. The molecule has 0 spiro atoms. The first-order valence-corrected chi connectivity index (χ1v) is 7.34. The Balaban J connectivity index is 2.02. The summed E-state index contributed by atoms with van der Waals surface area (Å²) < 4.78 is 4.87. The Hall–Kier alpha value is -1.73. The van der Waals surface area contributed by atoms with Gasteiger partial charge in [-0.25, -0.2) is 4.98 Å². The smallest absolute Gasteiger partial charge is 0.239 e. The fourth-order valence-electron chi connectivity index (χ4n) is 2.31. The van der Waals surface area contributed by atoms with Crippen molar-refractivity contribution in [3.63, 3.8) is 0 Å². The normalized spacial score (nSPS) is 12.8. The Kier molecular flexibility index (Phi) is 5.46. The van der Waals surface area contributed by atoms with E-state index >= 15 is 0 Å². The van der Waals surface area contributed by atoms with Crippen LogP contribution in [0.4, 0.5) is 5.82 Å². The standard InChI is InChI=1S/C14H20N4O2S/c1-20-6-5-16-12(19)8-17-14-10(13(15)21)7-9-3-2-4-11(9)18-14/h7H,2-6,8H2,1H3,(H2,15,21)(H,16,19)(H,17,18). The Bertz CT molecular complexity index is 548. The number of aromatic nitrogens is 1. The molecule has 1 aliphatic carbocycles. The van der Waals surface area contributed by atoms with Crippen molar-refractivity contribution < 1.29 is 9.53 Å². The summed E-state index contributed by atoms with van der Waals surface area (Å²) in [6.45, 7) is 1.10. The molecule has 0 unspecified atom stereocenters. The van der Waals surface area contributed by atoms with Gasteiger partial charge in [0.2, 0.25) is 5.91 Å². The van der Waals surface area contributed by atoms with E-state index in [1.807, 2.05) is 6.07 Å². The molecular weight excluding hydrogens is 288 g/mol. The van der Waals surface area contributed by atoms with Gasteiger partial charge < -0.3 is 21.1 Å². The van der Waals surface area contributed by atoms with Crippen LogP contribution in [-0.2, 0) is 22.4 Å². The molecule has 1 aliphatic rings. The summed E-state index contributed by atoms with van der Waals surface area (Å²) in [7, 11) is 1.59. The molecule has 6 nitrogen and oxygen atoms in total. The number of nitrogens with zero attached hydrogens (tertiary/aromatic N) is 1. The number of ether oxygens (including phenoxy) is 1. The van der Waals surface area contributed by atoms with Crippen LogP contribution in [0.25, 0.3) is 0 Å². The highest BCUT2D eigenvalue weighted by atomic mass is 32.1. The molecule has 21 heavy (non-hydrogen) atoms. The third-order valence-electron chi connectivity index (χ3n) is 3.36. The number of amides is 1. The number of nitrogens with one attached hydrogen (secondary N) is 2. The number of carbonyl (C=O) groups is 1. The largest absolute Gasteiger partial charge is 0.389 e. The van der Waals surface area contributed by atoms with Gasteiger partial charge in [0.15, 0.2) is 0 Å². The second kappa shape index (κ2) is 7.33. The minimum Gasteiger partial charge on any atom is -0.389 e. The fourth-order valence-corrected chi connectivity index (χ4v) is 2.47. The zero-order chi connectivity index (χ0) is 15.2. The van der Waals surface area contributed by atoms with E-state index in [-0.39, 0.29) is 12.5 Å². The monoisotopic (exact) mass is 308 g/mol. The maximum Gasteiger partial charge on any atom is 0.239 e.